The molecule has 112 valence electrons. The highest BCUT2D eigenvalue weighted by atomic mass is 19.4. The molecule has 0 spiro atoms. The molecule has 0 amide bonds. The van der Waals surface area contributed by atoms with Gasteiger partial charge in [-0.2, -0.15) is 13.2 Å². The van der Waals surface area contributed by atoms with Crippen LogP contribution in [0.15, 0.2) is 24.3 Å². The van der Waals surface area contributed by atoms with Gasteiger partial charge in [0, 0.05) is 18.6 Å². The Hall–Kier alpha value is -1.07. The highest BCUT2D eigenvalue weighted by Gasteiger charge is 2.35. The van der Waals surface area contributed by atoms with Gasteiger partial charge in [0.05, 0.1) is 11.7 Å². The molecular weight excluding hydrogens is 267 g/mol. The summed E-state index contributed by atoms with van der Waals surface area (Å²) in [5.41, 5.74) is 0.0912. The molecule has 0 radical (unpaired) electrons. The van der Waals surface area contributed by atoms with E-state index in [1.807, 2.05) is 13.8 Å². The van der Waals surface area contributed by atoms with Gasteiger partial charge in [0.1, 0.15) is 0 Å². The van der Waals surface area contributed by atoms with Gasteiger partial charge in [-0.1, -0.05) is 19.1 Å². The molecule has 20 heavy (non-hydrogen) atoms. The molecule has 0 aromatic heterocycles. The number of ether oxygens (including phenoxy) is 1. The Kier molecular flexibility index (Phi) is 4.70. The third-order valence-electron chi connectivity index (χ3n) is 3.86. The molecule has 2 rings (SSSR count). The lowest BCUT2D eigenvalue weighted by Gasteiger charge is -2.27. The van der Waals surface area contributed by atoms with Gasteiger partial charge in [0.15, 0.2) is 0 Å². The summed E-state index contributed by atoms with van der Waals surface area (Å²) in [6.45, 7) is 5.33. The minimum absolute atomic E-state index is 0.0635. The smallest absolute Gasteiger partial charge is 0.378 e. The van der Waals surface area contributed by atoms with Crippen LogP contribution in [0.4, 0.5) is 13.2 Å². The summed E-state index contributed by atoms with van der Waals surface area (Å²) < 4.78 is 44.0. The summed E-state index contributed by atoms with van der Waals surface area (Å²) in [4.78, 5) is 0. The molecule has 1 aromatic rings. The van der Waals surface area contributed by atoms with Crippen molar-refractivity contribution in [3.8, 4) is 0 Å². The van der Waals surface area contributed by atoms with E-state index in [0.717, 1.165) is 12.5 Å². The predicted octanol–water partition coefficient (Wildman–Crippen LogP) is 3.78. The number of nitrogens with one attached hydrogen (secondary N) is 1. The fourth-order valence-corrected chi connectivity index (χ4v) is 2.83. The van der Waals surface area contributed by atoms with Gasteiger partial charge in [-0.05, 0) is 37.6 Å². The van der Waals surface area contributed by atoms with E-state index in [1.54, 1.807) is 6.07 Å². The Morgan fingerprint density at radius 2 is 2.15 bits per heavy atom. The van der Waals surface area contributed by atoms with Crippen LogP contribution < -0.4 is 5.32 Å². The largest absolute Gasteiger partial charge is 0.416 e. The zero-order valence-corrected chi connectivity index (χ0v) is 11.7. The fourth-order valence-electron chi connectivity index (χ4n) is 2.83. The Morgan fingerprint density at radius 3 is 2.70 bits per heavy atom. The summed E-state index contributed by atoms with van der Waals surface area (Å²) in [5, 5.41) is 3.30. The summed E-state index contributed by atoms with van der Waals surface area (Å²) in [6.07, 6.45) is -3.37. The SMILES string of the molecule is CCNC(c1cccc(C(F)(F)F)c1)C1CCOC1C. The third-order valence-corrected chi connectivity index (χ3v) is 3.86. The topological polar surface area (TPSA) is 21.3 Å². The maximum absolute atomic E-state index is 12.8. The molecule has 1 aliphatic rings. The van der Waals surface area contributed by atoms with E-state index in [1.165, 1.54) is 12.1 Å². The van der Waals surface area contributed by atoms with Crippen LogP contribution in [0.2, 0.25) is 0 Å². The predicted molar refractivity (Wildman–Crippen MR) is 71.4 cm³/mol. The molecule has 1 heterocycles. The average Bonchev–Trinajstić information content (AvgIpc) is 2.81. The van der Waals surface area contributed by atoms with Crippen molar-refractivity contribution in [2.75, 3.05) is 13.2 Å². The van der Waals surface area contributed by atoms with E-state index in [-0.39, 0.29) is 18.1 Å². The van der Waals surface area contributed by atoms with E-state index in [2.05, 4.69) is 5.32 Å². The first-order valence-electron chi connectivity index (χ1n) is 6.95. The van der Waals surface area contributed by atoms with Crippen LogP contribution in [0.3, 0.4) is 0 Å². The average molecular weight is 287 g/mol. The maximum Gasteiger partial charge on any atom is 0.416 e. The fraction of sp³-hybridized carbons (Fsp3) is 0.600. The van der Waals surface area contributed by atoms with Crippen LogP contribution in [0, 0.1) is 5.92 Å². The second kappa shape index (κ2) is 6.14. The first kappa shape index (κ1) is 15.3. The van der Waals surface area contributed by atoms with Gasteiger partial charge >= 0.3 is 6.18 Å². The number of hydrogen-bond acceptors (Lipinski definition) is 2. The summed E-state index contributed by atoms with van der Waals surface area (Å²) in [6, 6.07) is 5.50. The monoisotopic (exact) mass is 287 g/mol. The number of benzene rings is 1. The maximum atomic E-state index is 12.8. The van der Waals surface area contributed by atoms with Gasteiger partial charge in [0.2, 0.25) is 0 Å². The minimum Gasteiger partial charge on any atom is -0.378 e. The summed E-state index contributed by atoms with van der Waals surface area (Å²) >= 11 is 0. The minimum atomic E-state index is -4.30. The van der Waals surface area contributed by atoms with Crippen molar-refractivity contribution in [3.63, 3.8) is 0 Å². The second-order valence-corrected chi connectivity index (χ2v) is 5.19. The lowest BCUT2D eigenvalue weighted by atomic mass is 9.87. The molecule has 0 saturated carbocycles. The molecule has 1 N–H and O–H groups in total. The van der Waals surface area contributed by atoms with Gasteiger partial charge in [-0.25, -0.2) is 0 Å². The lowest BCUT2D eigenvalue weighted by Crippen LogP contribution is -2.32. The molecule has 1 aromatic carbocycles. The number of hydrogen-bond donors (Lipinski definition) is 1. The van der Waals surface area contributed by atoms with E-state index in [4.69, 9.17) is 4.74 Å². The summed E-state index contributed by atoms with van der Waals surface area (Å²) in [5.74, 6) is 0.207. The van der Waals surface area contributed by atoms with Crippen LogP contribution in [0.25, 0.3) is 0 Å². The van der Waals surface area contributed by atoms with Gasteiger partial charge in [0.25, 0.3) is 0 Å². The van der Waals surface area contributed by atoms with Gasteiger partial charge < -0.3 is 10.1 Å². The van der Waals surface area contributed by atoms with Crippen LogP contribution in [-0.2, 0) is 10.9 Å². The lowest BCUT2D eigenvalue weighted by molar-refractivity contribution is -0.137. The molecule has 0 aliphatic carbocycles. The Balaban J connectivity index is 2.29. The summed E-state index contributed by atoms with van der Waals surface area (Å²) in [7, 11) is 0. The molecule has 2 nitrogen and oxygen atoms in total. The third kappa shape index (κ3) is 3.33. The van der Waals surface area contributed by atoms with E-state index >= 15 is 0 Å². The Morgan fingerprint density at radius 1 is 1.40 bits per heavy atom. The molecule has 1 saturated heterocycles. The van der Waals surface area contributed by atoms with Crippen LogP contribution in [-0.4, -0.2) is 19.3 Å². The van der Waals surface area contributed by atoms with E-state index < -0.39 is 11.7 Å². The van der Waals surface area contributed by atoms with Crippen molar-refractivity contribution in [1.29, 1.82) is 0 Å². The van der Waals surface area contributed by atoms with E-state index in [0.29, 0.717) is 18.7 Å². The van der Waals surface area contributed by atoms with Crippen molar-refractivity contribution in [2.24, 2.45) is 5.92 Å². The van der Waals surface area contributed by atoms with Crippen molar-refractivity contribution >= 4 is 0 Å². The van der Waals surface area contributed by atoms with E-state index in [9.17, 15) is 13.2 Å². The normalized spacial score (nSPS) is 24.9. The molecule has 0 bridgehead atoms. The van der Waals surface area contributed by atoms with Crippen molar-refractivity contribution in [2.45, 2.75) is 38.6 Å². The number of rotatable bonds is 4. The van der Waals surface area contributed by atoms with Crippen molar-refractivity contribution < 1.29 is 17.9 Å². The van der Waals surface area contributed by atoms with Gasteiger partial charge in [-0.3, -0.25) is 0 Å². The molecule has 3 atom stereocenters. The van der Waals surface area contributed by atoms with Crippen LogP contribution in [0.5, 0.6) is 0 Å². The highest BCUT2D eigenvalue weighted by molar-refractivity contribution is 5.28. The Labute approximate surface area is 117 Å². The highest BCUT2D eigenvalue weighted by Crippen LogP contribution is 2.36. The first-order valence-corrected chi connectivity index (χ1v) is 6.95. The molecule has 1 fully saturated rings. The van der Waals surface area contributed by atoms with Crippen LogP contribution >= 0.6 is 0 Å². The zero-order chi connectivity index (χ0) is 14.8. The number of halogens is 3. The van der Waals surface area contributed by atoms with Crippen LogP contribution in [0.1, 0.15) is 37.4 Å². The number of alkyl halides is 3. The van der Waals surface area contributed by atoms with Crippen molar-refractivity contribution in [1.82, 2.24) is 5.32 Å². The Bertz CT molecular complexity index is 447. The first-order chi connectivity index (χ1) is 9.43. The quantitative estimate of drug-likeness (QED) is 0.910. The molecular formula is C15H20F3NO. The van der Waals surface area contributed by atoms with Gasteiger partial charge in [-0.15, -0.1) is 0 Å². The zero-order valence-electron chi connectivity index (χ0n) is 11.7. The molecule has 1 aliphatic heterocycles. The van der Waals surface area contributed by atoms with Crippen molar-refractivity contribution in [3.05, 3.63) is 35.4 Å². The standard InChI is InChI=1S/C15H20F3NO/c1-3-19-14(13-7-8-20-10(13)2)11-5-4-6-12(9-11)15(16,17)18/h4-6,9-10,13-14,19H,3,7-8H2,1-2H3. The molecule has 3 unspecified atom stereocenters. The molecule has 5 heteroatoms. The second-order valence-electron chi connectivity index (χ2n) is 5.19.